The number of rotatable bonds is 4. The summed E-state index contributed by atoms with van der Waals surface area (Å²) in [4.78, 5) is 49.1. The summed E-state index contributed by atoms with van der Waals surface area (Å²) in [5.74, 6) is 0.381. The molecule has 9 heteroatoms. The lowest BCUT2D eigenvalue weighted by molar-refractivity contribution is -0.131. The molecule has 0 aliphatic carbocycles. The number of benzene rings is 1. The number of thiophene rings is 1. The van der Waals surface area contributed by atoms with Gasteiger partial charge in [0.25, 0.3) is 5.56 Å². The first-order valence-corrected chi connectivity index (χ1v) is 13.5. The molecule has 0 bridgehead atoms. The van der Waals surface area contributed by atoms with Crippen LogP contribution in [-0.2, 0) is 22.6 Å². The summed E-state index contributed by atoms with van der Waals surface area (Å²) in [6, 6.07) is 9.75. The highest BCUT2D eigenvalue weighted by Gasteiger charge is 2.28. The topological polar surface area (TPSA) is 75.5 Å². The van der Waals surface area contributed by atoms with Gasteiger partial charge < -0.3 is 9.80 Å². The van der Waals surface area contributed by atoms with Crippen LogP contribution in [0, 0.1) is 0 Å². The molecule has 7 nitrogen and oxygen atoms in total. The molecule has 2 amide bonds. The molecular formula is C25H28N4O3S2. The molecule has 0 radical (unpaired) electrons. The Morgan fingerprint density at radius 3 is 2.71 bits per heavy atom. The highest BCUT2D eigenvalue weighted by atomic mass is 32.2. The largest absolute Gasteiger partial charge is 0.339 e. The number of carbonyl (C=O) groups is 2. The van der Waals surface area contributed by atoms with E-state index in [9.17, 15) is 14.4 Å². The summed E-state index contributed by atoms with van der Waals surface area (Å²) in [6.07, 6.45) is 3.89. The number of hydrogen-bond acceptors (Lipinski definition) is 6. The molecule has 2 aromatic heterocycles. The van der Waals surface area contributed by atoms with Crippen molar-refractivity contribution in [3.8, 4) is 5.69 Å². The van der Waals surface area contributed by atoms with Gasteiger partial charge in [0.05, 0.1) is 23.4 Å². The Morgan fingerprint density at radius 1 is 1.18 bits per heavy atom. The zero-order chi connectivity index (χ0) is 23.8. The molecule has 5 rings (SSSR count). The lowest BCUT2D eigenvalue weighted by Crippen LogP contribution is -2.43. The van der Waals surface area contributed by atoms with E-state index in [0.717, 1.165) is 41.9 Å². The van der Waals surface area contributed by atoms with E-state index in [4.69, 9.17) is 4.98 Å². The smallest absolute Gasteiger partial charge is 0.267 e. The molecule has 34 heavy (non-hydrogen) atoms. The van der Waals surface area contributed by atoms with E-state index in [2.05, 4.69) is 6.92 Å². The van der Waals surface area contributed by atoms with Gasteiger partial charge in [-0.2, -0.15) is 0 Å². The highest BCUT2D eigenvalue weighted by molar-refractivity contribution is 7.99. The standard InChI is InChI=1S/C25H28N4O3S2/c1-16-8-6-7-12-28(16)21(31)15-33-25-26-23-22(24(32)29(25)18-9-4-3-5-10-18)19-11-13-27(17(2)30)14-20(19)34-23/h3-5,9-10,16H,6-8,11-15H2,1-2H3. The van der Waals surface area contributed by atoms with Gasteiger partial charge in [0, 0.05) is 30.9 Å². The molecule has 1 aromatic carbocycles. The van der Waals surface area contributed by atoms with Gasteiger partial charge in [0.1, 0.15) is 4.83 Å². The molecule has 2 aliphatic heterocycles. The molecule has 1 unspecified atom stereocenters. The van der Waals surface area contributed by atoms with Crippen LogP contribution in [0.15, 0.2) is 40.3 Å². The van der Waals surface area contributed by atoms with Crippen LogP contribution in [0.2, 0.25) is 0 Å². The Balaban J connectivity index is 1.54. The summed E-state index contributed by atoms with van der Waals surface area (Å²) in [5.41, 5.74) is 1.64. The van der Waals surface area contributed by atoms with E-state index in [1.54, 1.807) is 11.5 Å². The third kappa shape index (κ3) is 4.27. The van der Waals surface area contributed by atoms with Crippen molar-refractivity contribution in [3.63, 3.8) is 0 Å². The van der Waals surface area contributed by atoms with Crippen molar-refractivity contribution in [2.45, 2.75) is 57.3 Å². The third-order valence-electron chi connectivity index (χ3n) is 6.75. The first-order chi connectivity index (χ1) is 16.4. The second-order valence-electron chi connectivity index (χ2n) is 8.97. The lowest BCUT2D eigenvalue weighted by atomic mass is 10.0. The van der Waals surface area contributed by atoms with Gasteiger partial charge >= 0.3 is 0 Å². The lowest BCUT2D eigenvalue weighted by Gasteiger charge is -2.33. The first kappa shape index (κ1) is 23.1. The molecule has 3 aromatic rings. The van der Waals surface area contributed by atoms with E-state index < -0.39 is 0 Å². The number of nitrogens with zero attached hydrogens (tertiary/aromatic N) is 4. The zero-order valence-corrected chi connectivity index (χ0v) is 21.1. The quantitative estimate of drug-likeness (QED) is 0.405. The minimum Gasteiger partial charge on any atom is -0.339 e. The molecule has 4 heterocycles. The van der Waals surface area contributed by atoms with Crippen LogP contribution in [0.25, 0.3) is 15.9 Å². The van der Waals surface area contributed by atoms with Gasteiger partial charge in [-0.1, -0.05) is 30.0 Å². The van der Waals surface area contributed by atoms with Gasteiger partial charge in [0.2, 0.25) is 11.8 Å². The predicted molar refractivity (Wildman–Crippen MR) is 136 cm³/mol. The van der Waals surface area contributed by atoms with E-state index in [1.165, 1.54) is 23.1 Å². The first-order valence-electron chi connectivity index (χ1n) is 11.7. The van der Waals surface area contributed by atoms with Crippen LogP contribution in [0.1, 0.15) is 43.6 Å². The number of hydrogen-bond donors (Lipinski definition) is 0. The van der Waals surface area contributed by atoms with Gasteiger partial charge in [-0.15, -0.1) is 11.3 Å². The Hall–Kier alpha value is -2.65. The molecule has 178 valence electrons. The van der Waals surface area contributed by atoms with Crippen LogP contribution in [0.4, 0.5) is 0 Å². The summed E-state index contributed by atoms with van der Waals surface area (Å²) >= 11 is 2.82. The fourth-order valence-electron chi connectivity index (χ4n) is 4.87. The maximum absolute atomic E-state index is 13.8. The molecular weight excluding hydrogens is 468 g/mol. The van der Waals surface area contributed by atoms with Gasteiger partial charge in [-0.3, -0.25) is 19.0 Å². The zero-order valence-electron chi connectivity index (χ0n) is 19.5. The van der Waals surface area contributed by atoms with Crippen LogP contribution >= 0.6 is 23.1 Å². The minimum absolute atomic E-state index is 0.0412. The summed E-state index contributed by atoms with van der Waals surface area (Å²) in [5, 5.41) is 1.18. The predicted octanol–water partition coefficient (Wildman–Crippen LogP) is 3.84. The normalized spacial score (nSPS) is 18.2. The number of aromatic nitrogens is 2. The average Bonchev–Trinajstić information content (AvgIpc) is 3.21. The van der Waals surface area contributed by atoms with E-state index in [1.807, 2.05) is 40.1 Å². The van der Waals surface area contributed by atoms with E-state index in [-0.39, 0.29) is 29.2 Å². The van der Waals surface area contributed by atoms with Crippen molar-refractivity contribution >= 4 is 45.1 Å². The van der Waals surface area contributed by atoms with Crippen molar-refractivity contribution in [3.05, 3.63) is 51.1 Å². The Bertz CT molecular complexity index is 1300. The van der Waals surface area contributed by atoms with Crippen LogP contribution < -0.4 is 5.56 Å². The Kier molecular flexibility index (Phi) is 6.48. The van der Waals surface area contributed by atoms with Gasteiger partial charge in [0.15, 0.2) is 5.16 Å². The number of para-hydroxylation sites is 1. The van der Waals surface area contributed by atoms with Crippen LogP contribution in [-0.4, -0.2) is 56.0 Å². The number of thioether (sulfide) groups is 1. The SMILES string of the molecule is CC(=O)N1CCc2c(sc3nc(SCC(=O)N4CCCCC4C)n(-c4ccccc4)c(=O)c23)C1. The molecule has 1 atom stereocenters. The maximum atomic E-state index is 13.8. The average molecular weight is 497 g/mol. The summed E-state index contributed by atoms with van der Waals surface area (Å²) in [6.45, 7) is 5.60. The molecule has 1 saturated heterocycles. The summed E-state index contributed by atoms with van der Waals surface area (Å²) in [7, 11) is 0. The van der Waals surface area contributed by atoms with Crippen molar-refractivity contribution in [1.82, 2.24) is 19.4 Å². The Morgan fingerprint density at radius 2 is 1.97 bits per heavy atom. The van der Waals surface area contributed by atoms with Gasteiger partial charge in [-0.25, -0.2) is 4.98 Å². The second-order valence-corrected chi connectivity index (χ2v) is 11.0. The Labute approximate surface area is 206 Å². The number of likely N-dealkylation sites (tertiary alicyclic amines) is 1. The fraction of sp³-hybridized carbons (Fsp3) is 0.440. The van der Waals surface area contributed by atoms with Crippen LogP contribution in [0.5, 0.6) is 0 Å². The molecule has 0 saturated carbocycles. The van der Waals surface area contributed by atoms with Crippen molar-refractivity contribution < 1.29 is 9.59 Å². The monoisotopic (exact) mass is 496 g/mol. The molecule has 0 spiro atoms. The third-order valence-corrected chi connectivity index (χ3v) is 8.79. The van der Waals surface area contributed by atoms with Crippen molar-refractivity contribution in [1.29, 1.82) is 0 Å². The van der Waals surface area contributed by atoms with E-state index in [0.29, 0.717) is 34.9 Å². The van der Waals surface area contributed by atoms with E-state index >= 15 is 0 Å². The number of amides is 2. The number of fused-ring (bicyclic) bond motifs is 3. The van der Waals surface area contributed by atoms with Crippen LogP contribution in [0.3, 0.4) is 0 Å². The maximum Gasteiger partial charge on any atom is 0.267 e. The van der Waals surface area contributed by atoms with Crippen molar-refractivity contribution in [2.24, 2.45) is 0 Å². The second kappa shape index (κ2) is 9.54. The number of piperidine rings is 1. The number of carbonyl (C=O) groups excluding carboxylic acids is 2. The summed E-state index contributed by atoms with van der Waals surface area (Å²) < 4.78 is 1.64. The highest BCUT2D eigenvalue weighted by Crippen LogP contribution is 2.34. The minimum atomic E-state index is -0.105. The molecule has 2 aliphatic rings. The van der Waals surface area contributed by atoms with Crippen molar-refractivity contribution in [2.75, 3.05) is 18.8 Å². The molecule has 0 N–H and O–H groups in total. The molecule has 1 fully saturated rings. The van der Waals surface area contributed by atoms with Gasteiger partial charge in [-0.05, 0) is 50.3 Å². The fourth-order valence-corrected chi connectivity index (χ4v) is 7.05.